The summed E-state index contributed by atoms with van der Waals surface area (Å²) in [4.78, 5) is 33.4. The fourth-order valence-corrected chi connectivity index (χ4v) is 4.53. The predicted molar refractivity (Wildman–Crippen MR) is 127 cm³/mol. The lowest BCUT2D eigenvalue weighted by atomic mass is 9.96. The molecule has 0 radical (unpaired) electrons. The minimum atomic E-state index is -0.0610. The van der Waals surface area contributed by atoms with Gasteiger partial charge in [0.2, 0.25) is 0 Å². The van der Waals surface area contributed by atoms with Crippen molar-refractivity contribution >= 4 is 34.4 Å². The van der Waals surface area contributed by atoms with Crippen LogP contribution < -0.4 is 10.9 Å². The highest BCUT2D eigenvalue weighted by molar-refractivity contribution is 7.98. The van der Waals surface area contributed by atoms with Crippen molar-refractivity contribution in [3.63, 3.8) is 0 Å². The van der Waals surface area contributed by atoms with Crippen LogP contribution in [0.15, 0.2) is 58.2 Å². The molecule has 6 nitrogen and oxygen atoms in total. The number of likely N-dealkylation sites (tertiary alicyclic amines) is 1. The molecule has 0 aliphatic carbocycles. The number of rotatable bonds is 5. The van der Waals surface area contributed by atoms with E-state index >= 15 is 0 Å². The molecule has 4 rings (SSSR count). The lowest BCUT2D eigenvalue weighted by molar-refractivity contribution is 0.176. The second-order valence-electron chi connectivity index (χ2n) is 7.90. The smallest absolute Gasteiger partial charge is 0.321 e. The summed E-state index contributed by atoms with van der Waals surface area (Å²) < 4.78 is 1.84. The van der Waals surface area contributed by atoms with Crippen molar-refractivity contribution in [2.75, 3.05) is 24.7 Å². The molecular weight excluding hydrogens is 408 g/mol. The summed E-state index contributed by atoms with van der Waals surface area (Å²) in [6.45, 7) is 4.07. The van der Waals surface area contributed by atoms with E-state index in [1.807, 2.05) is 71.2 Å². The zero-order valence-corrected chi connectivity index (χ0v) is 18.8. The van der Waals surface area contributed by atoms with Gasteiger partial charge in [0, 0.05) is 36.6 Å². The molecule has 1 N–H and O–H groups in total. The molecule has 0 spiro atoms. The molecule has 3 aromatic rings. The fourth-order valence-electron chi connectivity index (χ4n) is 4.13. The minimum absolute atomic E-state index is 0.0383. The Morgan fingerprint density at radius 2 is 1.84 bits per heavy atom. The van der Waals surface area contributed by atoms with Crippen LogP contribution in [0.25, 0.3) is 10.9 Å². The van der Waals surface area contributed by atoms with Gasteiger partial charge in [-0.3, -0.25) is 9.36 Å². The Morgan fingerprint density at radius 3 is 2.52 bits per heavy atom. The molecule has 7 heteroatoms. The summed E-state index contributed by atoms with van der Waals surface area (Å²) in [5.74, 6) is 1.19. The molecule has 0 atom stereocenters. The fraction of sp³-hybridized carbons (Fsp3) is 0.375. The molecule has 162 valence electrons. The van der Waals surface area contributed by atoms with E-state index in [9.17, 15) is 9.59 Å². The van der Waals surface area contributed by atoms with Crippen LogP contribution in [0.5, 0.6) is 0 Å². The zero-order chi connectivity index (χ0) is 21.8. The number of nitrogens with one attached hydrogen (secondary N) is 1. The summed E-state index contributed by atoms with van der Waals surface area (Å²) in [6.07, 6.45) is 4.50. The largest absolute Gasteiger partial charge is 0.325 e. The average Bonchev–Trinajstić information content (AvgIpc) is 2.81. The Balaban J connectivity index is 1.39. The van der Waals surface area contributed by atoms with E-state index in [0.717, 1.165) is 36.3 Å². The first-order chi connectivity index (χ1) is 15.1. The third kappa shape index (κ3) is 4.77. The number of nitrogens with zero attached hydrogens (tertiary/aromatic N) is 3. The molecule has 2 aromatic carbocycles. The van der Waals surface area contributed by atoms with Gasteiger partial charge in [0.25, 0.3) is 5.56 Å². The Kier molecular flexibility index (Phi) is 6.61. The van der Waals surface area contributed by atoms with Crippen molar-refractivity contribution in [1.82, 2.24) is 14.5 Å². The first-order valence-electron chi connectivity index (χ1n) is 10.8. The molecule has 0 saturated carbocycles. The number of para-hydroxylation sites is 1. The number of anilines is 1. The van der Waals surface area contributed by atoms with Gasteiger partial charge in [-0.05, 0) is 61.4 Å². The third-order valence-electron chi connectivity index (χ3n) is 5.94. The quantitative estimate of drug-likeness (QED) is 0.593. The molecule has 2 heterocycles. The maximum Gasteiger partial charge on any atom is 0.321 e. The monoisotopic (exact) mass is 436 g/mol. The Labute approximate surface area is 186 Å². The number of fused-ring (bicyclic) bond motifs is 1. The van der Waals surface area contributed by atoms with Crippen molar-refractivity contribution in [2.45, 2.75) is 37.6 Å². The molecule has 0 unspecified atom stereocenters. The van der Waals surface area contributed by atoms with Crippen LogP contribution in [0.3, 0.4) is 0 Å². The van der Waals surface area contributed by atoms with Crippen molar-refractivity contribution in [3.8, 4) is 0 Å². The molecule has 0 bridgehead atoms. The highest BCUT2D eigenvalue weighted by Gasteiger charge is 2.24. The number of thioether (sulfide) groups is 1. The number of carbonyl (C=O) groups is 1. The SMILES string of the molecule is CCc1nc2ccccc2c(=O)n1CC1CCN(C(=O)Nc2ccc(SC)cc2)CC1. The first-order valence-corrected chi connectivity index (χ1v) is 12.0. The number of benzene rings is 2. The Bertz CT molecular complexity index is 1120. The number of hydrogen-bond acceptors (Lipinski definition) is 4. The summed E-state index contributed by atoms with van der Waals surface area (Å²) in [5.41, 5.74) is 1.61. The summed E-state index contributed by atoms with van der Waals surface area (Å²) in [7, 11) is 0. The van der Waals surface area contributed by atoms with Gasteiger partial charge in [-0.2, -0.15) is 0 Å². The van der Waals surface area contributed by atoms with Gasteiger partial charge in [-0.1, -0.05) is 19.1 Å². The second-order valence-corrected chi connectivity index (χ2v) is 8.78. The number of carbonyl (C=O) groups excluding carboxylic acids is 1. The van der Waals surface area contributed by atoms with E-state index in [2.05, 4.69) is 5.32 Å². The van der Waals surface area contributed by atoms with Crippen LogP contribution in [-0.2, 0) is 13.0 Å². The van der Waals surface area contributed by atoms with Crippen molar-refractivity contribution in [1.29, 1.82) is 0 Å². The number of piperidine rings is 1. The zero-order valence-electron chi connectivity index (χ0n) is 18.0. The van der Waals surface area contributed by atoms with Gasteiger partial charge in [-0.15, -0.1) is 11.8 Å². The Morgan fingerprint density at radius 1 is 1.13 bits per heavy atom. The predicted octanol–water partition coefficient (Wildman–Crippen LogP) is 4.62. The normalized spacial score (nSPS) is 14.7. The lowest BCUT2D eigenvalue weighted by Crippen LogP contribution is -2.42. The molecule has 31 heavy (non-hydrogen) atoms. The van der Waals surface area contributed by atoms with Gasteiger partial charge < -0.3 is 10.2 Å². The summed E-state index contributed by atoms with van der Waals surface area (Å²) in [5, 5.41) is 3.66. The molecule has 1 saturated heterocycles. The number of urea groups is 1. The van der Waals surface area contributed by atoms with Gasteiger partial charge in [0.1, 0.15) is 5.82 Å². The number of hydrogen-bond donors (Lipinski definition) is 1. The molecule has 1 fully saturated rings. The second kappa shape index (κ2) is 9.56. The standard InChI is InChI=1S/C24H28N4O2S/c1-3-22-26-21-7-5-4-6-20(21)23(29)28(22)16-17-12-14-27(15-13-17)24(30)25-18-8-10-19(31-2)11-9-18/h4-11,17H,3,12-16H2,1-2H3,(H,25,30). The highest BCUT2D eigenvalue weighted by atomic mass is 32.2. The average molecular weight is 437 g/mol. The van der Waals surface area contributed by atoms with Crippen LogP contribution in [0.4, 0.5) is 10.5 Å². The molecular formula is C24H28N4O2S. The van der Waals surface area contributed by atoms with E-state index in [0.29, 0.717) is 30.9 Å². The van der Waals surface area contributed by atoms with Crippen molar-refractivity contribution < 1.29 is 4.79 Å². The highest BCUT2D eigenvalue weighted by Crippen LogP contribution is 2.22. The third-order valence-corrected chi connectivity index (χ3v) is 6.68. The van der Waals surface area contributed by atoms with Crippen LogP contribution in [0.1, 0.15) is 25.6 Å². The first kappa shape index (κ1) is 21.4. The molecule has 1 aliphatic rings. The van der Waals surface area contributed by atoms with E-state index in [1.165, 1.54) is 4.90 Å². The number of amides is 2. The molecule has 1 aliphatic heterocycles. The van der Waals surface area contributed by atoms with Crippen LogP contribution in [0.2, 0.25) is 0 Å². The Hall–Kier alpha value is -2.80. The minimum Gasteiger partial charge on any atom is -0.325 e. The van der Waals surface area contributed by atoms with Gasteiger partial charge in [-0.25, -0.2) is 9.78 Å². The topological polar surface area (TPSA) is 67.2 Å². The van der Waals surface area contributed by atoms with E-state index in [4.69, 9.17) is 4.98 Å². The van der Waals surface area contributed by atoms with Crippen molar-refractivity contribution in [3.05, 3.63) is 64.7 Å². The van der Waals surface area contributed by atoms with Gasteiger partial charge in [0.15, 0.2) is 0 Å². The molecule has 1 aromatic heterocycles. The lowest BCUT2D eigenvalue weighted by Gasteiger charge is -2.32. The summed E-state index contributed by atoms with van der Waals surface area (Å²) >= 11 is 1.68. The van der Waals surface area contributed by atoms with Crippen LogP contribution >= 0.6 is 11.8 Å². The van der Waals surface area contributed by atoms with E-state index in [1.54, 1.807) is 11.8 Å². The van der Waals surface area contributed by atoms with Crippen LogP contribution in [0, 0.1) is 5.92 Å². The van der Waals surface area contributed by atoms with Crippen LogP contribution in [-0.4, -0.2) is 39.8 Å². The maximum atomic E-state index is 13.1. The molecule has 2 amide bonds. The van der Waals surface area contributed by atoms with Crippen molar-refractivity contribution in [2.24, 2.45) is 5.92 Å². The number of aryl methyl sites for hydroxylation is 1. The van der Waals surface area contributed by atoms with E-state index < -0.39 is 0 Å². The van der Waals surface area contributed by atoms with E-state index in [-0.39, 0.29) is 11.6 Å². The van der Waals surface area contributed by atoms with Gasteiger partial charge >= 0.3 is 6.03 Å². The number of aromatic nitrogens is 2. The maximum absolute atomic E-state index is 13.1. The van der Waals surface area contributed by atoms with Gasteiger partial charge in [0.05, 0.1) is 10.9 Å². The summed E-state index contributed by atoms with van der Waals surface area (Å²) in [6, 6.07) is 15.4.